The van der Waals surface area contributed by atoms with E-state index in [0.717, 1.165) is 32.7 Å². The summed E-state index contributed by atoms with van der Waals surface area (Å²) in [6, 6.07) is 0.554. The lowest BCUT2D eigenvalue weighted by Crippen LogP contribution is -2.34. The maximum absolute atomic E-state index is 5.38. The molecule has 1 aromatic heterocycles. The Morgan fingerprint density at radius 2 is 2.56 bits per heavy atom. The molecule has 0 spiro atoms. The van der Waals surface area contributed by atoms with Crippen molar-refractivity contribution in [3.8, 4) is 0 Å². The summed E-state index contributed by atoms with van der Waals surface area (Å²) in [6.07, 6.45) is 5.89. The molecule has 2 unspecified atom stereocenters. The highest BCUT2D eigenvalue weighted by Gasteiger charge is 2.21. The Morgan fingerprint density at radius 3 is 3.25 bits per heavy atom. The van der Waals surface area contributed by atoms with Gasteiger partial charge in [-0.05, 0) is 32.2 Å². The first-order chi connectivity index (χ1) is 7.86. The van der Waals surface area contributed by atoms with E-state index in [9.17, 15) is 0 Å². The molecule has 90 valence electrons. The van der Waals surface area contributed by atoms with Crippen LogP contribution in [0.25, 0.3) is 0 Å². The Bertz CT molecular complexity index is 282. The first-order valence-corrected chi connectivity index (χ1v) is 6.01. The van der Waals surface area contributed by atoms with Gasteiger partial charge in [0.15, 0.2) is 0 Å². The van der Waals surface area contributed by atoms with Gasteiger partial charge in [-0.3, -0.25) is 4.68 Å². The summed E-state index contributed by atoms with van der Waals surface area (Å²) in [4.78, 5) is 0. The second-order valence-corrected chi connectivity index (χ2v) is 4.39. The molecular weight excluding hydrogens is 204 g/mol. The molecule has 0 aromatic carbocycles. The Hall–Kier alpha value is -0.940. The number of aromatic nitrogens is 3. The zero-order valence-electron chi connectivity index (χ0n) is 9.80. The minimum Gasteiger partial charge on any atom is -0.381 e. The molecule has 2 rings (SSSR count). The van der Waals surface area contributed by atoms with Crippen molar-refractivity contribution in [2.24, 2.45) is 5.92 Å². The van der Waals surface area contributed by atoms with E-state index in [-0.39, 0.29) is 0 Å². The van der Waals surface area contributed by atoms with Crippen LogP contribution in [-0.4, -0.2) is 40.8 Å². The average Bonchev–Trinajstić information content (AvgIpc) is 2.96. The summed E-state index contributed by atoms with van der Waals surface area (Å²) in [7, 11) is 0. The van der Waals surface area contributed by atoms with Crippen molar-refractivity contribution in [3.63, 3.8) is 0 Å². The van der Waals surface area contributed by atoms with Gasteiger partial charge >= 0.3 is 0 Å². The van der Waals surface area contributed by atoms with Crippen LogP contribution in [0.2, 0.25) is 0 Å². The van der Waals surface area contributed by atoms with Gasteiger partial charge in [0, 0.05) is 25.4 Å². The topological polar surface area (TPSA) is 52.0 Å². The first kappa shape index (κ1) is 11.5. The molecule has 0 amide bonds. The second kappa shape index (κ2) is 5.96. The van der Waals surface area contributed by atoms with E-state index < -0.39 is 0 Å². The Kier molecular flexibility index (Phi) is 4.30. The van der Waals surface area contributed by atoms with Gasteiger partial charge < -0.3 is 10.1 Å². The number of hydrogen-bond acceptors (Lipinski definition) is 4. The molecule has 2 atom stereocenters. The molecule has 1 aliphatic rings. The van der Waals surface area contributed by atoms with Crippen LogP contribution in [0.15, 0.2) is 12.4 Å². The SMILES string of the molecule is CC(NCCCn1ccnn1)C1CCOC1. The lowest BCUT2D eigenvalue weighted by Gasteiger charge is -2.19. The van der Waals surface area contributed by atoms with E-state index in [1.165, 1.54) is 6.42 Å². The van der Waals surface area contributed by atoms with Gasteiger partial charge in [-0.1, -0.05) is 5.21 Å². The third-order valence-corrected chi connectivity index (χ3v) is 3.17. The lowest BCUT2D eigenvalue weighted by atomic mass is 10.0. The summed E-state index contributed by atoms with van der Waals surface area (Å²) in [6.45, 7) is 6.04. The highest BCUT2D eigenvalue weighted by atomic mass is 16.5. The van der Waals surface area contributed by atoms with Crippen molar-refractivity contribution in [2.45, 2.75) is 32.4 Å². The van der Waals surface area contributed by atoms with Crippen LogP contribution >= 0.6 is 0 Å². The van der Waals surface area contributed by atoms with Crippen molar-refractivity contribution in [1.82, 2.24) is 20.3 Å². The molecule has 5 nitrogen and oxygen atoms in total. The summed E-state index contributed by atoms with van der Waals surface area (Å²) >= 11 is 0. The zero-order chi connectivity index (χ0) is 11.2. The smallest absolute Gasteiger partial charge is 0.0692 e. The number of ether oxygens (including phenoxy) is 1. The van der Waals surface area contributed by atoms with E-state index in [4.69, 9.17) is 4.74 Å². The Labute approximate surface area is 96.2 Å². The second-order valence-electron chi connectivity index (χ2n) is 4.39. The van der Waals surface area contributed by atoms with Crippen LogP contribution in [0.3, 0.4) is 0 Å². The van der Waals surface area contributed by atoms with Gasteiger partial charge in [0.1, 0.15) is 0 Å². The Balaban J connectivity index is 1.57. The van der Waals surface area contributed by atoms with Gasteiger partial charge in [-0.25, -0.2) is 0 Å². The standard InChI is InChI=1S/C11H20N4O/c1-10(11-3-8-16-9-11)12-4-2-6-15-7-5-13-14-15/h5,7,10-12H,2-4,6,8-9H2,1H3. The molecule has 1 fully saturated rings. The van der Waals surface area contributed by atoms with Gasteiger partial charge in [-0.2, -0.15) is 0 Å². The predicted molar refractivity (Wildman–Crippen MR) is 61.0 cm³/mol. The monoisotopic (exact) mass is 224 g/mol. The number of nitrogens with zero attached hydrogens (tertiary/aromatic N) is 3. The first-order valence-electron chi connectivity index (χ1n) is 6.01. The molecule has 0 radical (unpaired) electrons. The van der Waals surface area contributed by atoms with E-state index in [1.54, 1.807) is 6.20 Å². The number of hydrogen-bond donors (Lipinski definition) is 1. The van der Waals surface area contributed by atoms with Crippen LogP contribution in [0.5, 0.6) is 0 Å². The van der Waals surface area contributed by atoms with Gasteiger partial charge in [0.25, 0.3) is 0 Å². The van der Waals surface area contributed by atoms with Gasteiger partial charge in [0.2, 0.25) is 0 Å². The van der Waals surface area contributed by atoms with Crippen LogP contribution < -0.4 is 5.32 Å². The predicted octanol–water partition coefficient (Wildman–Crippen LogP) is 0.683. The van der Waals surface area contributed by atoms with Crippen LogP contribution in [0.1, 0.15) is 19.8 Å². The van der Waals surface area contributed by atoms with Crippen molar-refractivity contribution < 1.29 is 4.74 Å². The fourth-order valence-corrected chi connectivity index (χ4v) is 2.04. The van der Waals surface area contributed by atoms with Gasteiger partial charge in [-0.15, -0.1) is 5.10 Å². The van der Waals surface area contributed by atoms with Crippen LogP contribution in [-0.2, 0) is 11.3 Å². The number of nitrogens with one attached hydrogen (secondary N) is 1. The molecule has 0 bridgehead atoms. The van der Waals surface area contributed by atoms with Gasteiger partial charge in [0.05, 0.1) is 12.8 Å². The van der Waals surface area contributed by atoms with E-state index in [0.29, 0.717) is 12.0 Å². The third-order valence-electron chi connectivity index (χ3n) is 3.17. The molecule has 0 saturated carbocycles. The summed E-state index contributed by atoms with van der Waals surface area (Å²) in [5.74, 6) is 0.686. The third kappa shape index (κ3) is 3.28. The van der Waals surface area contributed by atoms with E-state index in [1.807, 2.05) is 10.9 Å². The number of rotatable bonds is 6. The quantitative estimate of drug-likeness (QED) is 0.722. The molecule has 1 saturated heterocycles. The van der Waals surface area contributed by atoms with Crippen LogP contribution in [0, 0.1) is 5.92 Å². The zero-order valence-corrected chi connectivity index (χ0v) is 9.80. The van der Waals surface area contributed by atoms with Crippen molar-refractivity contribution >= 4 is 0 Å². The molecule has 1 N–H and O–H groups in total. The molecular formula is C11H20N4O. The minimum atomic E-state index is 0.554. The fraction of sp³-hybridized carbons (Fsp3) is 0.818. The van der Waals surface area contributed by atoms with Crippen LogP contribution in [0.4, 0.5) is 0 Å². The maximum atomic E-state index is 5.38. The highest BCUT2D eigenvalue weighted by Crippen LogP contribution is 2.16. The normalized spacial score (nSPS) is 22.4. The largest absolute Gasteiger partial charge is 0.381 e. The number of aryl methyl sites for hydroxylation is 1. The van der Waals surface area contributed by atoms with Crippen molar-refractivity contribution in [2.75, 3.05) is 19.8 Å². The van der Waals surface area contributed by atoms with E-state index >= 15 is 0 Å². The maximum Gasteiger partial charge on any atom is 0.0692 e. The van der Waals surface area contributed by atoms with Crippen molar-refractivity contribution in [3.05, 3.63) is 12.4 Å². The molecule has 5 heteroatoms. The molecule has 2 heterocycles. The summed E-state index contributed by atoms with van der Waals surface area (Å²) in [5.41, 5.74) is 0. The molecule has 16 heavy (non-hydrogen) atoms. The summed E-state index contributed by atoms with van der Waals surface area (Å²) in [5, 5.41) is 11.2. The fourth-order valence-electron chi connectivity index (χ4n) is 2.04. The van der Waals surface area contributed by atoms with Crippen molar-refractivity contribution in [1.29, 1.82) is 0 Å². The summed E-state index contributed by atoms with van der Waals surface area (Å²) < 4.78 is 7.25. The highest BCUT2D eigenvalue weighted by molar-refractivity contribution is 4.75. The average molecular weight is 224 g/mol. The molecule has 1 aliphatic heterocycles. The molecule has 1 aromatic rings. The minimum absolute atomic E-state index is 0.554. The molecule has 0 aliphatic carbocycles. The van der Waals surface area contributed by atoms with E-state index in [2.05, 4.69) is 22.6 Å². The lowest BCUT2D eigenvalue weighted by molar-refractivity contribution is 0.178. The Morgan fingerprint density at radius 1 is 1.62 bits per heavy atom.